The predicted octanol–water partition coefficient (Wildman–Crippen LogP) is 4.99. The van der Waals surface area contributed by atoms with Crippen molar-refractivity contribution in [2.75, 3.05) is 18.4 Å². The lowest BCUT2D eigenvalue weighted by Crippen LogP contribution is -2.30. The molecule has 2 heterocycles. The molecule has 2 aromatic carbocycles. The molecule has 5 nitrogen and oxygen atoms in total. The first-order valence-electron chi connectivity index (χ1n) is 10.7. The first-order chi connectivity index (χ1) is 14.1. The summed E-state index contributed by atoms with van der Waals surface area (Å²) in [6, 6.07) is 13.7. The Hall–Kier alpha value is -2.66. The van der Waals surface area contributed by atoms with Crippen molar-refractivity contribution in [2.45, 2.75) is 52.6 Å². The average Bonchev–Trinajstić information content (AvgIpc) is 3.06. The van der Waals surface area contributed by atoms with Crippen molar-refractivity contribution >= 4 is 22.6 Å². The zero-order valence-electron chi connectivity index (χ0n) is 17.4. The Balaban J connectivity index is 1.57. The molecule has 3 aromatic rings. The number of carbonyl (C=O) groups is 1. The van der Waals surface area contributed by atoms with Crippen LogP contribution in [0.25, 0.3) is 11.0 Å². The Morgan fingerprint density at radius 2 is 1.83 bits per heavy atom. The fourth-order valence-corrected chi connectivity index (χ4v) is 4.08. The number of rotatable bonds is 6. The van der Waals surface area contributed by atoms with E-state index in [1.807, 2.05) is 43.3 Å². The van der Waals surface area contributed by atoms with Crippen molar-refractivity contribution in [3.8, 4) is 0 Å². The van der Waals surface area contributed by atoms with E-state index in [-0.39, 0.29) is 5.91 Å². The number of hydrogen-bond donors (Lipinski definition) is 1. The normalized spacial score (nSPS) is 15.0. The first kappa shape index (κ1) is 19.6. The number of likely N-dealkylation sites (tertiary alicyclic amines) is 1. The van der Waals surface area contributed by atoms with Crippen LogP contribution in [0.4, 0.5) is 5.69 Å². The maximum absolute atomic E-state index is 12.6. The summed E-state index contributed by atoms with van der Waals surface area (Å²) in [5.74, 6) is 1.04. The van der Waals surface area contributed by atoms with Gasteiger partial charge < -0.3 is 9.88 Å². The van der Waals surface area contributed by atoms with Crippen LogP contribution in [0, 0.1) is 6.92 Å². The summed E-state index contributed by atoms with van der Waals surface area (Å²) in [6.07, 6.45) is 4.97. The zero-order chi connectivity index (χ0) is 20.2. The van der Waals surface area contributed by atoms with E-state index in [0.717, 1.165) is 60.7 Å². The summed E-state index contributed by atoms with van der Waals surface area (Å²) in [6.45, 7) is 8.41. The van der Waals surface area contributed by atoms with Crippen molar-refractivity contribution in [3.63, 3.8) is 0 Å². The molecule has 1 aliphatic rings. The van der Waals surface area contributed by atoms with Crippen LogP contribution in [0.5, 0.6) is 0 Å². The lowest BCUT2D eigenvalue weighted by molar-refractivity contribution is 0.102. The van der Waals surface area contributed by atoms with Gasteiger partial charge in [0.25, 0.3) is 5.91 Å². The third kappa shape index (κ3) is 4.51. The molecule has 5 heteroatoms. The number of fused-ring (bicyclic) bond motifs is 1. The van der Waals surface area contributed by atoms with E-state index in [4.69, 9.17) is 4.98 Å². The molecular weight excluding hydrogens is 360 g/mol. The van der Waals surface area contributed by atoms with E-state index < -0.39 is 0 Å². The molecule has 0 unspecified atom stereocenters. The minimum Gasteiger partial charge on any atom is -0.327 e. The highest BCUT2D eigenvalue weighted by Gasteiger charge is 2.17. The van der Waals surface area contributed by atoms with Crippen LogP contribution >= 0.6 is 0 Å². The number of imidazole rings is 1. The van der Waals surface area contributed by atoms with Crippen molar-refractivity contribution in [3.05, 3.63) is 59.4 Å². The lowest BCUT2D eigenvalue weighted by Gasteiger charge is -2.26. The van der Waals surface area contributed by atoms with Crippen LogP contribution in [0.1, 0.15) is 54.4 Å². The number of anilines is 1. The van der Waals surface area contributed by atoms with Crippen LogP contribution in [0.3, 0.4) is 0 Å². The van der Waals surface area contributed by atoms with Gasteiger partial charge in [-0.2, -0.15) is 0 Å². The highest BCUT2D eigenvalue weighted by atomic mass is 16.1. The molecule has 1 N–H and O–H groups in total. The molecule has 1 aliphatic heterocycles. The molecule has 0 spiro atoms. The topological polar surface area (TPSA) is 50.2 Å². The summed E-state index contributed by atoms with van der Waals surface area (Å²) < 4.78 is 2.34. The molecule has 0 bridgehead atoms. The third-order valence-corrected chi connectivity index (χ3v) is 5.66. The van der Waals surface area contributed by atoms with Gasteiger partial charge in [0.1, 0.15) is 5.82 Å². The molecule has 0 saturated carbocycles. The van der Waals surface area contributed by atoms with E-state index in [9.17, 15) is 4.79 Å². The van der Waals surface area contributed by atoms with Gasteiger partial charge >= 0.3 is 0 Å². The molecule has 152 valence electrons. The Morgan fingerprint density at radius 3 is 2.55 bits per heavy atom. The second-order valence-electron chi connectivity index (χ2n) is 8.04. The molecule has 1 amide bonds. The minimum absolute atomic E-state index is 0.0918. The van der Waals surface area contributed by atoms with Gasteiger partial charge in [0, 0.05) is 17.8 Å². The molecule has 0 atom stereocenters. The van der Waals surface area contributed by atoms with Crippen LogP contribution in [0.2, 0.25) is 0 Å². The highest BCUT2D eigenvalue weighted by molar-refractivity contribution is 6.05. The number of benzene rings is 2. The van der Waals surface area contributed by atoms with Crippen LogP contribution in [-0.4, -0.2) is 33.4 Å². The van der Waals surface area contributed by atoms with Crippen molar-refractivity contribution in [1.29, 1.82) is 0 Å². The van der Waals surface area contributed by atoms with Gasteiger partial charge in [0.2, 0.25) is 0 Å². The Kier molecular flexibility index (Phi) is 5.95. The predicted molar refractivity (Wildman–Crippen MR) is 118 cm³/mol. The second kappa shape index (κ2) is 8.78. The summed E-state index contributed by atoms with van der Waals surface area (Å²) in [7, 11) is 0. The fourth-order valence-electron chi connectivity index (χ4n) is 4.08. The number of nitrogens with one attached hydrogen (secondary N) is 1. The summed E-state index contributed by atoms with van der Waals surface area (Å²) >= 11 is 0. The van der Waals surface area contributed by atoms with Crippen molar-refractivity contribution < 1.29 is 4.79 Å². The molecule has 0 radical (unpaired) electrons. The summed E-state index contributed by atoms with van der Waals surface area (Å²) in [5, 5.41) is 3.01. The summed E-state index contributed by atoms with van der Waals surface area (Å²) in [4.78, 5) is 20.0. The molecule has 1 fully saturated rings. The second-order valence-corrected chi connectivity index (χ2v) is 8.04. The van der Waals surface area contributed by atoms with E-state index >= 15 is 0 Å². The van der Waals surface area contributed by atoms with Crippen LogP contribution < -0.4 is 5.32 Å². The minimum atomic E-state index is -0.0918. The van der Waals surface area contributed by atoms with Gasteiger partial charge in [0.05, 0.1) is 17.6 Å². The molecule has 4 rings (SSSR count). The third-order valence-electron chi connectivity index (χ3n) is 5.66. The van der Waals surface area contributed by atoms with Crippen molar-refractivity contribution in [2.24, 2.45) is 0 Å². The fraction of sp³-hybridized carbons (Fsp3) is 0.417. The highest BCUT2D eigenvalue weighted by Crippen LogP contribution is 2.23. The van der Waals surface area contributed by atoms with E-state index in [1.54, 1.807) is 0 Å². The summed E-state index contributed by atoms with van der Waals surface area (Å²) in [5.41, 5.74) is 4.69. The van der Waals surface area contributed by atoms with Gasteiger partial charge in [-0.25, -0.2) is 4.98 Å². The van der Waals surface area contributed by atoms with Gasteiger partial charge in [-0.15, -0.1) is 0 Å². The number of aromatic nitrogens is 2. The maximum atomic E-state index is 12.6. The monoisotopic (exact) mass is 390 g/mol. The number of hydrogen-bond acceptors (Lipinski definition) is 3. The Morgan fingerprint density at radius 1 is 1.07 bits per heavy atom. The molecule has 1 aromatic heterocycles. The van der Waals surface area contributed by atoms with Crippen molar-refractivity contribution in [1.82, 2.24) is 14.5 Å². The first-order valence-corrected chi connectivity index (χ1v) is 10.7. The SMILES string of the molecule is CCCn1c(CN2CCCCC2)nc2cc(NC(=O)c3ccc(C)cc3)ccc21. The molecule has 0 aliphatic carbocycles. The standard InChI is InChI=1S/C24H30N4O/c1-3-13-28-22-12-11-20(25-24(29)19-9-7-18(2)8-10-19)16-21(22)26-23(28)17-27-14-5-4-6-15-27/h7-12,16H,3-6,13-15,17H2,1-2H3,(H,25,29). The van der Waals surface area contributed by atoms with Gasteiger partial charge in [0.15, 0.2) is 0 Å². The number of amides is 1. The van der Waals surface area contributed by atoms with E-state index in [0.29, 0.717) is 5.56 Å². The largest absolute Gasteiger partial charge is 0.327 e. The number of piperidine rings is 1. The quantitative estimate of drug-likeness (QED) is 0.645. The number of nitrogens with zero attached hydrogens (tertiary/aromatic N) is 3. The number of aryl methyl sites for hydroxylation is 2. The maximum Gasteiger partial charge on any atom is 0.255 e. The molecule has 29 heavy (non-hydrogen) atoms. The Bertz CT molecular complexity index is 984. The smallest absolute Gasteiger partial charge is 0.255 e. The molecule has 1 saturated heterocycles. The van der Waals surface area contributed by atoms with E-state index in [2.05, 4.69) is 27.8 Å². The van der Waals surface area contributed by atoms with Crippen LogP contribution in [-0.2, 0) is 13.1 Å². The van der Waals surface area contributed by atoms with Gasteiger partial charge in [-0.1, -0.05) is 31.0 Å². The average molecular weight is 391 g/mol. The molecular formula is C24H30N4O. The number of carbonyl (C=O) groups excluding carboxylic acids is 1. The van der Waals surface area contributed by atoms with Gasteiger partial charge in [-0.05, 0) is 69.6 Å². The van der Waals surface area contributed by atoms with E-state index in [1.165, 1.54) is 19.3 Å². The lowest BCUT2D eigenvalue weighted by atomic mass is 10.1. The zero-order valence-corrected chi connectivity index (χ0v) is 17.4. The Labute approximate surface area is 172 Å². The van der Waals surface area contributed by atoms with Gasteiger partial charge in [-0.3, -0.25) is 9.69 Å². The van der Waals surface area contributed by atoms with Crippen LogP contribution in [0.15, 0.2) is 42.5 Å².